The van der Waals surface area contributed by atoms with E-state index in [0.717, 1.165) is 41.5 Å². The summed E-state index contributed by atoms with van der Waals surface area (Å²) in [5, 5.41) is 18.6. The molecule has 0 saturated carbocycles. The molecule has 2 aliphatic heterocycles. The van der Waals surface area contributed by atoms with Crippen LogP contribution >= 0.6 is 11.3 Å². The fourth-order valence-electron chi connectivity index (χ4n) is 3.62. The SMILES string of the molecule is N=C(C(=N)c1cccs1)c1ccc2c(c1)OCCN2CCN1CCCC1. The molecular formula is C20H24N4OS. The molecule has 136 valence electrons. The summed E-state index contributed by atoms with van der Waals surface area (Å²) < 4.78 is 5.87. The third kappa shape index (κ3) is 3.52. The highest BCUT2D eigenvalue weighted by Gasteiger charge is 2.21. The summed E-state index contributed by atoms with van der Waals surface area (Å²) in [7, 11) is 0. The summed E-state index contributed by atoms with van der Waals surface area (Å²) in [6, 6.07) is 9.71. The van der Waals surface area contributed by atoms with E-state index >= 15 is 0 Å². The summed E-state index contributed by atoms with van der Waals surface area (Å²) in [6.45, 7) is 6.13. The van der Waals surface area contributed by atoms with Gasteiger partial charge in [-0.1, -0.05) is 12.1 Å². The van der Waals surface area contributed by atoms with Crippen molar-refractivity contribution in [3.8, 4) is 5.75 Å². The van der Waals surface area contributed by atoms with Crippen LogP contribution in [0.1, 0.15) is 23.3 Å². The Hall–Kier alpha value is -2.18. The standard InChI is InChI=1S/C20H24N4OS/c21-19(20(22)18-4-3-13-26-18)15-5-6-16-17(14-15)25-12-11-24(16)10-9-23-7-1-2-8-23/h3-6,13-14,21-22H,1-2,7-12H2. The summed E-state index contributed by atoms with van der Waals surface area (Å²) in [5.41, 5.74) is 2.35. The number of anilines is 1. The van der Waals surface area contributed by atoms with E-state index in [9.17, 15) is 0 Å². The highest BCUT2D eigenvalue weighted by Crippen LogP contribution is 2.33. The molecule has 0 atom stereocenters. The van der Waals surface area contributed by atoms with Crippen molar-refractivity contribution >= 4 is 28.4 Å². The number of nitrogens with zero attached hydrogens (tertiary/aromatic N) is 2. The number of fused-ring (bicyclic) bond motifs is 1. The normalized spacial score (nSPS) is 17.0. The molecule has 1 aromatic carbocycles. The molecule has 0 unspecified atom stereocenters. The van der Waals surface area contributed by atoms with Gasteiger partial charge in [-0.3, -0.25) is 10.8 Å². The number of rotatable bonds is 6. The molecule has 2 N–H and O–H groups in total. The van der Waals surface area contributed by atoms with Crippen LogP contribution in [0.15, 0.2) is 35.7 Å². The Morgan fingerprint density at radius 1 is 1.04 bits per heavy atom. The lowest BCUT2D eigenvalue weighted by Gasteiger charge is -2.32. The Morgan fingerprint density at radius 2 is 1.88 bits per heavy atom. The molecule has 3 heterocycles. The first-order chi connectivity index (χ1) is 12.7. The van der Waals surface area contributed by atoms with Gasteiger partial charge in [0, 0.05) is 18.7 Å². The molecule has 4 rings (SSSR count). The predicted octanol–water partition coefficient (Wildman–Crippen LogP) is 3.48. The van der Waals surface area contributed by atoms with Gasteiger partial charge in [-0.15, -0.1) is 11.3 Å². The Labute approximate surface area is 158 Å². The first-order valence-corrected chi connectivity index (χ1v) is 10.1. The Morgan fingerprint density at radius 3 is 2.65 bits per heavy atom. The topological polar surface area (TPSA) is 63.4 Å². The van der Waals surface area contributed by atoms with Crippen molar-refractivity contribution in [2.24, 2.45) is 0 Å². The highest BCUT2D eigenvalue weighted by atomic mass is 32.1. The van der Waals surface area contributed by atoms with Gasteiger partial charge in [0.15, 0.2) is 0 Å². The van der Waals surface area contributed by atoms with Gasteiger partial charge in [0.25, 0.3) is 0 Å². The van der Waals surface area contributed by atoms with Gasteiger partial charge < -0.3 is 14.5 Å². The number of benzene rings is 1. The number of hydrogen-bond donors (Lipinski definition) is 2. The van der Waals surface area contributed by atoms with Gasteiger partial charge in [0.05, 0.1) is 28.5 Å². The van der Waals surface area contributed by atoms with Crippen LogP contribution < -0.4 is 9.64 Å². The predicted molar refractivity (Wildman–Crippen MR) is 108 cm³/mol. The van der Waals surface area contributed by atoms with Crippen LogP contribution in [0.3, 0.4) is 0 Å². The fraction of sp³-hybridized carbons (Fsp3) is 0.400. The molecule has 26 heavy (non-hydrogen) atoms. The third-order valence-corrected chi connectivity index (χ3v) is 6.00. The summed E-state index contributed by atoms with van der Waals surface area (Å²) in [4.78, 5) is 5.73. The van der Waals surface area contributed by atoms with Gasteiger partial charge in [0.2, 0.25) is 0 Å². The maximum absolute atomic E-state index is 8.38. The van der Waals surface area contributed by atoms with E-state index in [1.165, 1.54) is 37.3 Å². The van der Waals surface area contributed by atoms with Crippen molar-refractivity contribution < 1.29 is 4.74 Å². The van der Waals surface area contributed by atoms with Crippen LogP contribution in [0.5, 0.6) is 5.75 Å². The largest absolute Gasteiger partial charge is 0.490 e. The molecule has 0 spiro atoms. The summed E-state index contributed by atoms with van der Waals surface area (Å²) in [6.07, 6.45) is 2.64. The highest BCUT2D eigenvalue weighted by molar-refractivity contribution is 7.13. The molecule has 1 aromatic heterocycles. The fourth-order valence-corrected chi connectivity index (χ4v) is 4.30. The van der Waals surface area contributed by atoms with Crippen molar-refractivity contribution in [3.63, 3.8) is 0 Å². The number of nitrogens with one attached hydrogen (secondary N) is 2. The van der Waals surface area contributed by atoms with Gasteiger partial charge >= 0.3 is 0 Å². The zero-order chi connectivity index (χ0) is 17.9. The van der Waals surface area contributed by atoms with E-state index in [1.54, 1.807) is 0 Å². The average Bonchev–Trinajstić information content (AvgIpc) is 3.38. The van der Waals surface area contributed by atoms with Crippen molar-refractivity contribution in [3.05, 3.63) is 46.2 Å². The average molecular weight is 369 g/mol. The van der Waals surface area contributed by atoms with Crippen molar-refractivity contribution in [1.82, 2.24) is 4.90 Å². The van der Waals surface area contributed by atoms with Crippen molar-refractivity contribution in [1.29, 1.82) is 10.8 Å². The van der Waals surface area contributed by atoms with E-state index in [-0.39, 0.29) is 11.4 Å². The maximum atomic E-state index is 8.38. The van der Waals surface area contributed by atoms with Crippen molar-refractivity contribution in [2.45, 2.75) is 12.8 Å². The van der Waals surface area contributed by atoms with Gasteiger partial charge in [0.1, 0.15) is 12.4 Å². The van der Waals surface area contributed by atoms with Crippen molar-refractivity contribution in [2.75, 3.05) is 44.2 Å². The van der Waals surface area contributed by atoms with Crippen LogP contribution in [0.4, 0.5) is 5.69 Å². The number of likely N-dealkylation sites (tertiary alicyclic amines) is 1. The van der Waals surface area contributed by atoms with E-state index in [4.69, 9.17) is 15.6 Å². The summed E-state index contributed by atoms with van der Waals surface area (Å²) >= 11 is 1.49. The Balaban J connectivity index is 1.49. The smallest absolute Gasteiger partial charge is 0.143 e. The zero-order valence-electron chi connectivity index (χ0n) is 14.8. The second-order valence-electron chi connectivity index (χ2n) is 6.79. The summed E-state index contributed by atoms with van der Waals surface area (Å²) in [5.74, 6) is 0.832. The lowest BCUT2D eigenvalue weighted by molar-refractivity contribution is 0.296. The third-order valence-electron chi connectivity index (χ3n) is 5.11. The molecule has 2 aliphatic rings. The first-order valence-electron chi connectivity index (χ1n) is 9.18. The molecule has 0 radical (unpaired) electrons. The minimum absolute atomic E-state index is 0.244. The van der Waals surface area contributed by atoms with E-state index in [1.807, 2.05) is 35.7 Å². The van der Waals surface area contributed by atoms with Gasteiger partial charge in [-0.05, 0) is 49.5 Å². The lowest BCUT2D eigenvalue weighted by Crippen LogP contribution is -2.38. The second-order valence-corrected chi connectivity index (χ2v) is 7.74. The molecule has 1 saturated heterocycles. The maximum Gasteiger partial charge on any atom is 0.143 e. The lowest BCUT2D eigenvalue weighted by atomic mass is 10.0. The molecule has 5 nitrogen and oxygen atoms in total. The van der Waals surface area contributed by atoms with E-state index < -0.39 is 0 Å². The molecule has 0 aliphatic carbocycles. The Kier molecular flexibility index (Phi) is 5.04. The minimum Gasteiger partial charge on any atom is -0.490 e. The van der Waals surface area contributed by atoms with Crippen LogP contribution in [0.2, 0.25) is 0 Å². The van der Waals surface area contributed by atoms with Crippen LogP contribution in [-0.4, -0.2) is 55.7 Å². The zero-order valence-corrected chi connectivity index (χ0v) is 15.6. The van der Waals surface area contributed by atoms with Crippen LogP contribution in [0, 0.1) is 10.8 Å². The van der Waals surface area contributed by atoms with E-state index in [0.29, 0.717) is 6.61 Å². The Bertz CT molecular complexity index is 796. The van der Waals surface area contributed by atoms with E-state index in [2.05, 4.69) is 9.80 Å². The number of hydrogen-bond acceptors (Lipinski definition) is 6. The molecule has 0 amide bonds. The van der Waals surface area contributed by atoms with Gasteiger partial charge in [-0.2, -0.15) is 0 Å². The van der Waals surface area contributed by atoms with Gasteiger partial charge in [-0.25, -0.2) is 0 Å². The molecule has 1 fully saturated rings. The minimum atomic E-state index is 0.244. The first kappa shape index (κ1) is 17.2. The second kappa shape index (κ2) is 7.60. The monoisotopic (exact) mass is 368 g/mol. The quantitative estimate of drug-likeness (QED) is 0.768. The molecular weight excluding hydrogens is 344 g/mol. The van der Waals surface area contributed by atoms with Crippen LogP contribution in [-0.2, 0) is 0 Å². The van der Waals surface area contributed by atoms with Crippen LogP contribution in [0.25, 0.3) is 0 Å². The number of ether oxygens (including phenoxy) is 1. The molecule has 0 bridgehead atoms. The molecule has 6 heteroatoms. The molecule has 2 aromatic rings. The number of thiophene rings is 1.